The molecule has 0 bridgehead atoms. The zero-order valence-electron chi connectivity index (χ0n) is 10.4. The quantitative estimate of drug-likeness (QED) is 0.766. The van der Waals surface area contributed by atoms with Crippen molar-refractivity contribution in [2.45, 2.75) is 38.3 Å². The molecule has 0 aromatic carbocycles. The highest BCUT2D eigenvalue weighted by Gasteiger charge is 2.39. The topological polar surface area (TPSA) is 60.9 Å². The number of hydrogen-bond donors (Lipinski definition) is 1. The first-order valence-electron chi connectivity index (χ1n) is 6.39. The van der Waals surface area contributed by atoms with E-state index in [-0.39, 0.29) is 18.4 Å². The molecule has 2 heterocycles. The highest BCUT2D eigenvalue weighted by atomic mass is 32.2. The molecule has 2 rings (SSSR count). The van der Waals surface area contributed by atoms with Gasteiger partial charge in [0.25, 0.3) is 0 Å². The predicted octanol–water partition coefficient (Wildman–Crippen LogP) is -0.133. The van der Waals surface area contributed by atoms with Crippen molar-refractivity contribution < 1.29 is 13.5 Å². The zero-order chi connectivity index (χ0) is 12.5. The molecule has 0 amide bonds. The molecule has 2 saturated heterocycles. The Labute approximate surface area is 103 Å². The minimum absolute atomic E-state index is 0.0585. The van der Waals surface area contributed by atoms with E-state index in [0.717, 1.165) is 19.5 Å². The lowest BCUT2D eigenvalue weighted by atomic mass is 10.1. The standard InChI is InChI=1S/C11H22N2O3S/c1-10-8-12-5-2-4-11(12)9-13(10)17(15,16)7-3-6-14/h10-11,14H,2-9H2,1H3. The Kier molecular flexibility index (Phi) is 4.07. The maximum absolute atomic E-state index is 12.1. The van der Waals surface area contributed by atoms with E-state index in [4.69, 9.17) is 5.11 Å². The van der Waals surface area contributed by atoms with Gasteiger partial charge in [0.15, 0.2) is 0 Å². The number of nitrogens with zero attached hydrogens (tertiary/aromatic N) is 2. The summed E-state index contributed by atoms with van der Waals surface area (Å²) in [4.78, 5) is 2.41. The Hall–Kier alpha value is -0.170. The number of aliphatic hydroxyl groups is 1. The van der Waals surface area contributed by atoms with Crippen LogP contribution >= 0.6 is 0 Å². The molecule has 2 fully saturated rings. The van der Waals surface area contributed by atoms with Gasteiger partial charge in [-0.25, -0.2) is 8.42 Å². The summed E-state index contributed by atoms with van der Waals surface area (Å²) in [6, 6.07) is 0.475. The summed E-state index contributed by atoms with van der Waals surface area (Å²) in [5, 5.41) is 8.75. The summed E-state index contributed by atoms with van der Waals surface area (Å²) >= 11 is 0. The molecule has 0 aromatic heterocycles. The van der Waals surface area contributed by atoms with E-state index >= 15 is 0 Å². The lowest BCUT2D eigenvalue weighted by Crippen LogP contribution is -2.57. The molecule has 100 valence electrons. The highest BCUT2D eigenvalue weighted by molar-refractivity contribution is 7.89. The van der Waals surface area contributed by atoms with Gasteiger partial charge in [0.2, 0.25) is 10.0 Å². The van der Waals surface area contributed by atoms with Gasteiger partial charge in [0, 0.05) is 31.8 Å². The maximum Gasteiger partial charge on any atom is 0.214 e. The number of hydrogen-bond acceptors (Lipinski definition) is 4. The van der Waals surface area contributed by atoms with Crippen LogP contribution in [0.4, 0.5) is 0 Å². The van der Waals surface area contributed by atoms with Gasteiger partial charge < -0.3 is 5.11 Å². The first-order valence-corrected chi connectivity index (χ1v) is 8.00. The SMILES string of the molecule is CC1CN2CCCC2CN1S(=O)(=O)CCCO. The van der Waals surface area contributed by atoms with Crippen molar-refractivity contribution in [3.8, 4) is 0 Å². The third-order valence-corrected chi connectivity index (χ3v) is 5.83. The van der Waals surface area contributed by atoms with E-state index in [1.807, 2.05) is 6.92 Å². The number of sulfonamides is 1. The van der Waals surface area contributed by atoms with Crippen LogP contribution in [0.2, 0.25) is 0 Å². The third-order valence-electron chi connectivity index (χ3n) is 3.80. The van der Waals surface area contributed by atoms with Gasteiger partial charge in [0.1, 0.15) is 0 Å². The van der Waals surface area contributed by atoms with Crippen LogP contribution in [0.1, 0.15) is 26.2 Å². The van der Waals surface area contributed by atoms with Gasteiger partial charge >= 0.3 is 0 Å². The number of piperazine rings is 1. The molecular formula is C11H22N2O3S. The Morgan fingerprint density at radius 1 is 1.35 bits per heavy atom. The van der Waals surface area contributed by atoms with Crippen LogP contribution in [-0.4, -0.2) is 66.8 Å². The van der Waals surface area contributed by atoms with Gasteiger partial charge in [0.05, 0.1) is 5.75 Å². The molecule has 2 atom stereocenters. The lowest BCUT2D eigenvalue weighted by molar-refractivity contribution is 0.117. The first-order chi connectivity index (χ1) is 8.04. The average Bonchev–Trinajstić information content (AvgIpc) is 2.72. The minimum atomic E-state index is -3.19. The summed E-state index contributed by atoms with van der Waals surface area (Å²) in [6.07, 6.45) is 2.63. The lowest BCUT2D eigenvalue weighted by Gasteiger charge is -2.41. The Morgan fingerprint density at radius 3 is 2.82 bits per heavy atom. The van der Waals surface area contributed by atoms with Crippen LogP contribution < -0.4 is 0 Å². The van der Waals surface area contributed by atoms with Gasteiger partial charge in [-0.2, -0.15) is 4.31 Å². The molecule has 17 heavy (non-hydrogen) atoms. The van der Waals surface area contributed by atoms with Crippen LogP contribution in [-0.2, 0) is 10.0 Å². The molecule has 2 unspecified atom stereocenters. The zero-order valence-corrected chi connectivity index (χ0v) is 11.2. The molecule has 2 aliphatic rings. The summed E-state index contributed by atoms with van der Waals surface area (Å²) in [5.74, 6) is 0.0700. The van der Waals surface area contributed by atoms with Gasteiger partial charge in [-0.05, 0) is 32.7 Å². The fourth-order valence-corrected chi connectivity index (χ4v) is 4.65. The molecular weight excluding hydrogens is 240 g/mol. The van der Waals surface area contributed by atoms with Crippen LogP contribution in [0, 0.1) is 0 Å². The largest absolute Gasteiger partial charge is 0.396 e. The Bertz CT molecular complexity index is 358. The fraction of sp³-hybridized carbons (Fsp3) is 1.00. The summed E-state index contributed by atoms with van der Waals surface area (Å²) < 4.78 is 25.9. The van der Waals surface area contributed by atoms with Crippen molar-refractivity contribution in [3.05, 3.63) is 0 Å². The van der Waals surface area contributed by atoms with Crippen LogP contribution in [0.15, 0.2) is 0 Å². The summed E-state index contributed by atoms with van der Waals surface area (Å²) in [5.41, 5.74) is 0. The summed E-state index contributed by atoms with van der Waals surface area (Å²) in [7, 11) is -3.19. The van der Waals surface area contributed by atoms with Crippen molar-refractivity contribution in [2.75, 3.05) is 32.0 Å². The van der Waals surface area contributed by atoms with Crippen LogP contribution in [0.3, 0.4) is 0 Å². The molecule has 0 spiro atoms. The number of fused-ring (bicyclic) bond motifs is 1. The van der Waals surface area contributed by atoms with E-state index in [2.05, 4.69) is 4.90 Å². The molecule has 0 radical (unpaired) electrons. The van der Waals surface area contributed by atoms with Crippen molar-refractivity contribution in [2.24, 2.45) is 0 Å². The summed E-state index contributed by atoms with van der Waals surface area (Å²) in [6.45, 7) is 4.51. The van der Waals surface area contributed by atoms with Gasteiger partial charge in [-0.15, -0.1) is 0 Å². The molecule has 2 aliphatic heterocycles. The average molecular weight is 262 g/mol. The van der Waals surface area contributed by atoms with E-state index in [0.29, 0.717) is 19.0 Å². The molecule has 0 aliphatic carbocycles. The minimum Gasteiger partial charge on any atom is -0.396 e. The number of rotatable bonds is 4. The van der Waals surface area contributed by atoms with Crippen molar-refractivity contribution in [1.29, 1.82) is 0 Å². The van der Waals surface area contributed by atoms with E-state index in [1.54, 1.807) is 4.31 Å². The second kappa shape index (κ2) is 5.22. The Morgan fingerprint density at radius 2 is 2.12 bits per heavy atom. The smallest absolute Gasteiger partial charge is 0.214 e. The second-order valence-electron chi connectivity index (χ2n) is 5.10. The van der Waals surface area contributed by atoms with Crippen LogP contribution in [0.25, 0.3) is 0 Å². The van der Waals surface area contributed by atoms with Crippen molar-refractivity contribution in [3.63, 3.8) is 0 Å². The van der Waals surface area contributed by atoms with Gasteiger partial charge in [-0.1, -0.05) is 0 Å². The van der Waals surface area contributed by atoms with E-state index in [1.165, 1.54) is 6.42 Å². The molecule has 5 nitrogen and oxygen atoms in total. The fourth-order valence-electron chi connectivity index (χ4n) is 2.91. The Balaban J connectivity index is 2.05. The van der Waals surface area contributed by atoms with Crippen LogP contribution in [0.5, 0.6) is 0 Å². The van der Waals surface area contributed by atoms with Crippen molar-refractivity contribution in [1.82, 2.24) is 9.21 Å². The highest BCUT2D eigenvalue weighted by Crippen LogP contribution is 2.26. The number of aliphatic hydroxyl groups excluding tert-OH is 1. The normalized spacial score (nSPS) is 31.6. The maximum atomic E-state index is 12.1. The predicted molar refractivity (Wildman–Crippen MR) is 66.3 cm³/mol. The van der Waals surface area contributed by atoms with Crippen molar-refractivity contribution >= 4 is 10.0 Å². The molecule has 6 heteroatoms. The third kappa shape index (κ3) is 2.81. The first kappa shape index (κ1) is 13.3. The monoisotopic (exact) mass is 262 g/mol. The molecule has 0 saturated carbocycles. The molecule has 1 N–H and O–H groups in total. The van der Waals surface area contributed by atoms with E-state index in [9.17, 15) is 8.42 Å². The van der Waals surface area contributed by atoms with E-state index < -0.39 is 10.0 Å². The molecule has 0 aromatic rings. The van der Waals surface area contributed by atoms with Gasteiger partial charge in [-0.3, -0.25) is 4.90 Å². The second-order valence-corrected chi connectivity index (χ2v) is 7.14.